The fraction of sp³-hybridized carbons (Fsp3) is 0.600. The fourth-order valence-electron chi connectivity index (χ4n) is 3.39. The smallest absolute Gasteiger partial charge is 0.315 e. The van der Waals surface area contributed by atoms with E-state index in [2.05, 4.69) is 29.4 Å². The molecule has 1 aliphatic heterocycles. The Bertz CT molecular complexity index is 574. The van der Waals surface area contributed by atoms with Crippen molar-refractivity contribution in [2.24, 2.45) is 0 Å². The Hall–Kier alpha value is -2.08. The van der Waals surface area contributed by atoms with Crippen LogP contribution in [-0.2, 0) is 4.79 Å². The zero-order chi connectivity index (χ0) is 18.9. The molecule has 3 amide bonds. The van der Waals surface area contributed by atoms with Crippen LogP contribution < -0.4 is 10.6 Å². The minimum atomic E-state index is -0.184. The molecule has 0 saturated carbocycles. The first-order valence-electron chi connectivity index (χ1n) is 9.66. The SMILES string of the molecule is CCN(CC)CCCNC(=O)NC1CC(=O)N(C(C)c2ccccc2)C1. The van der Waals surface area contributed by atoms with Crippen LogP contribution in [0.4, 0.5) is 4.79 Å². The Morgan fingerprint density at radius 3 is 2.62 bits per heavy atom. The van der Waals surface area contributed by atoms with Crippen molar-refractivity contribution < 1.29 is 9.59 Å². The lowest BCUT2D eigenvalue weighted by molar-refractivity contribution is -0.129. The van der Waals surface area contributed by atoms with Gasteiger partial charge in [-0.1, -0.05) is 44.2 Å². The number of benzene rings is 1. The number of likely N-dealkylation sites (tertiary alicyclic amines) is 1. The average Bonchev–Trinajstić information content (AvgIpc) is 3.02. The first-order chi connectivity index (χ1) is 12.5. The lowest BCUT2D eigenvalue weighted by atomic mass is 10.1. The summed E-state index contributed by atoms with van der Waals surface area (Å²) in [7, 11) is 0. The Kier molecular flexibility index (Phi) is 7.91. The quantitative estimate of drug-likeness (QED) is 0.665. The van der Waals surface area contributed by atoms with E-state index in [1.54, 1.807) is 0 Å². The van der Waals surface area contributed by atoms with Gasteiger partial charge >= 0.3 is 6.03 Å². The van der Waals surface area contributed by atoms with Crippen molar-refractivity contribution in [3.8, 4) is 0 Å². The van der Waals surface area contributed by atoms with Gasteiger partial charge in [0.1, 0.15) is 0 Å². The number of urea groups is 1. The summed E-state index contributed by atoms with van der Waals surface area (Å²) in [6, 6.07) is 9.70. The zero-order valence-corrected chi connectivity index (χ0v) is 16.2. The summed E-state index contributed by atoms with van der Waals surface area (Å²) >= 11 is 0. The minimum Gasteiger partial charge on any atom is -0.338 e. The maximum Gasteiger partial charge on any atom is 0.315 e. The standard InChI is InChI=1S/C20H32N4O2/c1-4-23(5-2)13-9-12-21-20(26)22-18-14-19(25)24(15-18)16(3)17-10-7-6-8-11-17/h6-8,10-11,16,18H,4-5,9,12-15H2,1-3H3,(H2,21,22,26). The van der Waals surface area contributed by atoms with Crippen LogP contribution in [0.25, 0.3) is 0 Å². The molecule has 144 valence electrons. The van der Waals surface area contributed by atoms with E-state index in [1.807, 2.05) is 42.2 Å². The number of nitrogens with zero attached hydrogens (tertiary/aromatic N) is 2. The van der Waals surface area contributed by atoms with Gasteiger partial charge in [-0.15, -0.1) is 0 Å². The molecule has 0 aliphatic carbocycles. The molecule has 2 N–H and O–H groups in total. The lowest BCUT2D eigenvalue weighted by Gasteiger charge is -2.25. The summed E-state index contributed by atoms with van der Waals surface area (Å²) in [6.45, 7) is 10.6. The van der Waals surface area contributed by atoms with Crippen LogP contribution in [0, 0.1) is 0 Å². The molecular weight excluding hydrogens is 328 g/mol. The van der Waals surface area contributed by atoms with Gasteiger partial charge in [-0.05, 0) is 38.5 Å². The Morgan fingerprint density at radius 1 is 1.27 bits per heavy atom. The predicted molar refractivity (Wildman–Crippen MR) is 104 cm³/mol. The lowest BCUT2D eigenvalue weighted by Crippen LogP contribution is -2.44. The van der Waals surface area contributed by atoms with Gasteiger partial charge in [0.2, 0.25) is 5.91 Å². The molecule has 2 unspecified atom stereocenters. The average molecular weight is 361 g/mol. The molecule has 1 fully saturated rings. The second-order valence-electron chi connectivity index (χ2n) is 6.81. The number of carbonyl (C=O) groups is 2. The molecule has 0 spiro atoms. The number of rotatable bonds is 9. The van der Waals surface area contributed by atoms with Crippen LogP contribution in [0.1, 0.15) is 45.2 Å². The Balaban J connectivity index is 1.74. The maximum atomic E-state index is 12.3. The van der Waals surface area contributed by atoms with Crippen LogP contribution in [0.15, 0.2) is 30.3 Å². The van der Waals surface area contributed by atoms with Crippen LogP contribution in [0.2, 0.25) is 0 Å². The summed E-state index contributed by atoms with van der Waals surface area (Å²) in [5.41, 5.74) is 1.11. The molecule has 1 aromatic carbocycles. The van der Waals surface area contributed by atoms with Crippen molar-refractivity contribution in [1.29, 1.82) is 0 Å². The third kappa shape index (κ3) is 5.73. The topological polar surface area (TPSA) is 64.7 Å². The molecule has 26 heavy (non-hydrogen) atoms. The first kappa shape index (κ1) is 20.2. The predicted octanol–water partition coefficient (Wildman–Crippen LogP) is 2.38. The largest absolute Gasteiger partial charge is 0.338 e. The third-order valence-corrected chi connectivity index (χ3v) is 5.07. The van der Waals surface area contributed by atoms with Gasteiger partial charge in [-0.25, -0.2) is 4.79 Å². The summed E-state index contributed by atoms with van der Waals surface area (Å²) < 4.78 is 0. The highest BCUT2D eigenvalue weighted by atomic mass is 16.2. The molecule has 0 bridgehead atoms. The maximum absolute atomic E-state index is 12.3. The van der Waals surface area contributed by atoms with Crippen LogP contribution in [-0.4, -0.2) is 60.5 Å². The molecule has 1 heterocycles. The molecular formula is C20H32N4O2. The van der Waals surface area contributed by atoms with Crippen molar-refractivity contribution in [3.05, 3.63) is 35.9 Å². The summed E-state index contributed by atoms with van der Waals surface area (Å²) in [5.74, 6) is 0.0909. The Morgan fingerprint density at radius 2 is 1.96 bits per heavy atom. The third-order valence-electron chi connectivity index (χ3n) is 5.07. The van der Waals surface area contributed by atoms with E-state index in [9.17, 15) is 9.59 Å². The molecule has 0 radical (unpaired) electrons. The second-order valence-corrected chi connectivity index (χ2v) is 6.81. The molecule has 1 aliphatic rings. The van der Waals surface area contributed by atoms with Crippen molar-refractivity contribution in [3.63, 3.8) is 0 Å². The van der Waals surface area contributed by atoms with Gasteiger partial charge < -0.3 is 20.4 Å². The molecule has 0 aromatic heterocycles. The summed E-state index contributed by atoms with van der Waals surface area (Å²) in [5, 5.41) is 5.83. The van der Waals surface area contributed by atoms with Crippen molar-refractivity contribution in [2.75, 3.05) is 32.7 Å². The molecule has 1 saturated heterocycles. The van der Waals surface area contributed by atoms with Gasteiger partial charge in [0.15, 0.2) is 0 Å². The van der Waals surface area contributed by atoms with E-state index in [-0.39, 0.29) is 24.0 Å². The molecule has 2 atom stereocenters. The van der Waals surface area contributed by atoms with Crippen LogP contribution >= 0.6 is 0 Å². The summed E-state index contributed by atoms with van der Waals surface area (Å²) in [4.78, 5) is 28.6. The highest BCUT2D eigenvalue weighted by molar-refractivity contribution is 5.82. The molecule has 6 nitrogen and oxygen atoms in total. The number of carbonyl (C=O) groups excluding carboxylic acids is 2. The van der Waals surface area contributed by atoms with E-state index < -0.39 is 0 Å². The van der Waals surface area contributed by atoms with Gasteiger partial charge in [-0.3, -0.25) is 4.79 Å². The number of hydrogen-bond acceptors (Lipinski definition) is 3. The monoisotopic (exact) mass is 360 g/mol. The second kappa shape index (κ2) is 10.2. The number of nitrogens with one attached hydrogen (secondary N) is 2. The molecule has 1 aromatic rings. The van der Waals surface area contributed by atoms with Crippen LogP contribution in [0.5, 0.6) is 0 Å². The first-order valence-corrected chi connectivity index (χ1v) is 9.66. The Labute approximate surface area is 156 Å². The number of amides is 3. The normalized spacial score (nSPS) is 18.2. The molecule has 2 rings (SSSR count). The highest BCUT2D eigenvalue weighted by Gasteiger charge is 2.33. The van der Waals surface area contributed by atoms with E-state index >= 15 is 0 Å². The van der Waals surface area contributed by atoms with Crippen molar-refractivity contribution >= 4 is 11.9 Å². The number of hydrogen-bond donors (Lipinski definition) is 2. The van der Waals surface area contributed by atoms with Gasteiger partial charge in [0, 0.05) is 19.5 Å². The van der Waals surface area contributed by atoms with E-state index in [0.717, 1.165) is 31.6 Å². The minimum absolute atomic E-state index is 0.0210. The zero-order valence-electron chi connectivity index (χ0n) is 16.2. The van der Waals surface area contributed by atoms with E-state index in [1.165, 1.54) is 0 Å². The molecule has 6 heteroatoms. The van der Waals surface area contributed by atoms with Gasteiger partial charge in [-0.2, -0.15) is 0 Å². The van der Waals surface area contributed by atoms with Crippen molar-refractivity contribution in [2.45, 2.75) is 45.7 Å². The van der Waals surface area contributed by atoms with Crippen LogP contribution in [0.3, 0.4) is 0 Å². The summed E-state index contributed by atoms with van der Waals surface area (Å²) in [6.07, 6.45) is 1.29. The van der Waals surface area contributed by atoms with Gasteiger partial charge in [0.05, 0.1) is 12.1 Å². The highest BCUT2D eigenvalue weighted by Crippen LogP contribution is 2.25. The van der Waals surface area contributed by atoms with Gasteiger partial charge in [0.25, 0.3) is 0 Å². The van der Waals surface area contributed by atoms with E-state index in [4.69, 9.17) is 0 Å². The van der Waals surface area contributed by atoms with Crippen molar-refractivity contribution in [1.82, 2.24) is 20.4 Å². The van der Waals surface area contributed by atoms with E-state index in [0.29, 0.717) is 19.5 Å². The fourth-order valence-corrected chi connectivity index (χ4v) is 3.39.